The fraction of sp³-hybridized carbons (Fsp3) is 0.308. The molecule has 0 saturated carbocycles. The minimum Gasteiger partial charge on any atom is -0.303 e. The first kappa shape index (κ1) is 12.8. The van der Waals surface area contributed by atoms with Gasteiger partial charge >= 0.3 is 0 Å². The molecule has 1 aliphatic rings. The van der Waals surface area contributed by atoms with Gasteiger partial charge < -0.3 is 5.32 Å². The first-order valence-corrected chi connectivity index (χ1v) is 6.81. The number of amides is 1. The van der Waals surface area contributed by atoms with E-state index in [4.69, 9.17) is 0 Å². The van der Waals surface area contributed by atoms with E-state index >= 15 is 0 Å². The van der Waals surface area contributed by atoms with E-state index in [0.29, 0.717) is 5.17 Å². The highest BCUT2D eigenvalue weighted by Gasteiger charge is 2.29. The zero-order valence-electron chi connectivity index (χ0n) is 10.2. The highest BCUT2D eigenvalue weighted by atomic mass is 32.2. The van der Waals surface area contributed by atoms with Gasteiger partial charge in [0.1, 0.15) is 0 Å². The highest BCUT2D eigenvalue weighted by Crippen LogP contribution is 2.23. The fourth-order valence-electron chi connectivity index (χ4n) is 1.59. The maximum atomic E-state index is 11.5. The van der Waals surface area contributed by atoms with Crippen molar-refractivity contribution in [2.24, 2.45) is 10.2 Å². The van der Waals surface area contributed by atoms with Gasteiger partial charge in [-0.15, -0.1) is 5.10 Å². The number of carbonyl (C=O) groups is 1. The molecule has 1 aromatic carbocycles. The second kappa shape index (κ2) is 6.35. The molecule has 1 saturated heterocycles. The van der Waals surface area contributed by atoms with E-state index in [2.05, 4.69) is 22.4 Å². The van der Waals surface area contributed by atoms with Crippen molar-refractivity contribution < 1.29 is 4.79 Å². The van der Waals surface area contributed by atoms with E-state index in [0.717, 1.165) is 18.4 Å². The molecule has 1 N–H and O–H groups in total. The predicted molar refractivity (Wildman–Crippen MR) is 75.9 cm³/mol. The number of benzene rings is 1. The van der Waals surface area contributed by atoms with Gasteiger partial charge in [0, 0.05) is 0 Å². The van der Waals surface area contributed by atoms with Crippen LogP contribution in [-0.2, 0) is 4.79 Å². The number of carbonyl (C=O) groups excluding carboxylic acids is 1. The molecule has 94 valence electrons. The summed E-state index contributed by atoms with van der Waals surface area (Å²) in [5, 5.41) is 11.3. The summed E-state index contributed by atoms with van der Waals surface area (Å²) < 4.78 is 0. The van der Waals surface area contributed by atoms with E-state index in [1.54, 1.807) is 6.21 Å². The molecule has 1 heterocycles. The van der Waals surface area contributed by atoms with Crippen molar-refractivity contribution in [3.05, 3.63) is 35.9 Å². The Kier molecular flexibility index (Phi) is 4.52. The minimum absolute atomic E-state index is 0.0133. The summed E-state index contributed by atoms with van der Waals surface area (Å²) in [5.74, 6) is 0.0375. The molecule has 0 unspecified atom stereocenters. The van der Waals surface area contributed by atoms with Crippen molar-refractivity contribution in [3.63, 3.8) is 0 Å². The predicted octanol–water partition coefficient (Wildman–Crippen LogP) is 2.41. The summed E-state index contributed by atoms with van der Waals surface area (Å²) >= 11 is 1.45. The molecule has 0 radical (unpaired) electrons. The zero-order valence-corrected chi connectivity index (χ0v) is 11.0. The molecule has 2 rings (SSSR count). The van der Waals surface area contributed by atoms with Crippen molar-refractivity contribution in [1.29, 1.82) is 0 Å². The van der Waals surface area contributed by atoms with Crippen LogP contribution in [0.4, 0.5) is 0 Å². The molecule has 0 aromatic heterocycles. The topological polar surface area (TPSA) is 53.8 Å². The Labute approximate surface area is 111 Å². The Hall–Kier alpha value is -1.62. The van der Waals surface area contributed by atoms with E-state index in [9.17, 15) is 4.79 Å². The average Bonchev–Trinajstić information content (AvgIpc) is 2.72. The van der Waals surface area contributed by atoms with Gasteiger partial charge in [0.25, 0.3) is 0 Å². The SMILES string of the molecule is CCC[C@H]1SC(=NN=Cc2ccccc2)NC1=O. The van der Waals surface area contributed by atoms with Gasteiger partial charge in [0.05, 0.1) is 11.5 Å². The van der Waals surface area contributed by atoms with Crippen molar-refractivity contribution in [3.8, 4) is 0 Å². The van der Waals surface area contributed by atoms with E-state index in [1.807, 2.05) is 30.3 Å². The summed E-state index contributed by atoms with van der Waals surface area (Å²) in [5.41, 5.74) is 0.987. The Morgan fingerprint density at radius 2 is 2.17 bits per heavy atom. The van der Waals surface area contributed by atoms with Crippen LogP contribution in [0.2, 0.25) is 0 Å². The van der Waals surface area contributed by atoms with Crippen LogP contribution < -0.4 is 5.32 Å². The van der Waals surface area contributed by atoms with Crippen molar-refractivity contribution in [2.75, 3.05) is 0 Å². The van der Waals surface area contributed by atoms with Crippen LogP contribution in [-0.4, -0.2) is 22.5 Å². The van der Waals surface area contributed by atoms with Crippen LogP contribution in [0.25, 0.3) is 0 Å². The van der Waals surface area contributed by atoms with Gasteiger partial charge in [-0.25, -0.2) is 0 Å². The minimum atomic E-state index is -0.0133. The van der Waals surface area contributed by atoms with Crippen LogP contribution >= 0.6 is 11.8 Å². The molecule has 1 aliphatic heterocycles. The van der Waals surface area contributed by atoms with Gasteiger partial charge in [0.2, 0.25) is 5.91 Å². The third-order valence-corrected chi connectivity index (χ3v) is 3.62. The first-order chi connectivity index (χ1) is 8.79. The van der Waals surface area contributed by atoms with Gasteiger partial charge in [-0.3, -0.25) is 4.79 Å². The monoisotopic (exact) mass is 261 g/mol. The maximum Gasteiger partial charge on any atom is 0.239 e. The van der Waals surface area contributed by atoms with Gasteiger partial charge in [-0.05, 0) is 12.0 Å². The summed E-state index contributed by atoms with van der Waals surface area (Å²) in [6.45, 7) is 2.07. The molecule has 1 fully saturated rings. The van der Waals surface area contributed by atoms with E-state index in [1.165, 1.54) is 11.8 Å². The van der Waals surface area contributed by atoms with Crippen LogP contribution in [0.15, 0.2) is 40.5 Å². The van der Waals surface area contributed by atoms with Crippen LogP contribution in [0.1, 0.15) is 25.3 Å². The molecule has 0 spiro atoms. The quantitative estimate of drug-likeness (QED) is 0.668. The number of hydrogen-bond acceptors (Lipinski definition) is 4. The largest absolute Gasteiger partial charge is 0.303 e. The van der Waals surface area contributed by atoms with Crippen LogP contribution in [0, 0.1) is 0 Å². The lowest BCUT2D eigenvalue weighted by Crippen LogP contribution is -2.24. The third kappa shape index (κ3) is 3.43. The molecule has 1 amide bonds. The molecule has 18 heavy (non-hydrogen) atoms. The molecule has 0 bridgehead atoms. The maximum absolute atomic E-state index is 11.5. The molecule has 4 nitrogen and oxygen atoms in total. The second-order valence-corrected chi connectivity index (χ2v) is 5.14. The Balaban J connectivity index is 1.95. The lowest BCUT2D eigenvalue weighted by molar-refractivity contribution is -0.118. The third-order valence-electron chi connectivity index (χ3n) is 2.48. The summed E-state index contributed by atoms with van der Waals surface area (Å²) in [6.07, 6.45) is 3.54. The normalized spacial score (nSPS) is 21.7. The Morgan fingerprint density at radius 1 is 1.39 bits per heavy atom. The lowest BCUT2D eigenvalue weighted by Gasteiger charge is -1.99. The molecular weight excluding hydrogens is 246 g/mol. The second-order valence-electron chi connectivity index (χ2n) is 3.94. The molecule has 0 aliphatic carbocycles. The molecule has 1 aromatic rings. The zero-order chi connectivity index (χ0) is 12.8. The molecule has 1 atom stereocenters. The Bertz CT molecular complexity index is 470. The molecule has 5 heteroatoms. The number of rotatable bonds is 4. The van der Waals surface area contributed by atoms with Gasteiger partial charge in [-0.2, -0.15) is 5.10 Å². The Morgan fingerprint density at radius 3 is 2.89 bits per heavy atom. The highest BCUT2D eigenvalue weighted by molar-refractivity contribution is 8.15. The number of amidine groups is 1. The van der Waals surface area contributed by atoms with E-state index in [-0.39, 0.29) is 11.2 Å². The number of hydrogen-bond donors (Lipinski definition) is 1. The smallest absolute Gasteiger partial charge is 0.239 e. The summed E-state index contributed by atoms with van der Waals surface area (Å²) in [6, 6.07) is 9.73. The lowest BCUT2D eigenvalue weighted by atomic mass is 10.2. The molecular formula is C13H15N3OS. The van der Waals surface area contributed by atoms with Crippen molar-refractivity contribution in [1.82, 2.24) is 5.32 Å². The number of thioether (sulfide) groups is 1. The van der Waals surface area contributed by atoms with E-state index < -0.39 is 0 Å². The van der Waals surface area contributed by atoms with Crippen molar-refractivity contribution >= 4 is 29.1 Å². The standard InChI is InChI=1S/C13H15N3OS/c1-2-6-11-12(17)15-13(18-11)16-14-9-10-7-4-3-5-8-10/h3-5,7-9,11H,2,6H2,1H3,(H,15,16,17)/t11-/m1/s1. The summed E-state index contributed by atoms with van der Waals surface area (Å²) in [7, 11) is 0. The van der Waals surface area contributed by atoms with Gasteiger partial charge in [-0.1, -0.05) is 55.4 Å². The van der Waals surface area contributed by atoms with Gasteiger partial charge in [0.15, 0.2) is 5.17 Å². The fourth-order valence-corrected chi connectivity index (χ4v) is 2.63. The van der Waals surface area contributed by atoms with Crippen LogP contribution in [0.3, 0.4) is 0 Å². The summed E-state index contributed by atoms with van der Waals surface area (Å²) in [4.78, 5) is 11.5. The number of nitrogens with zero attached hydrogens (tertiary/aromatic N) is 2. The van der Waals surface area contributed by atoms with Crippen LogP contribution in [0.5, 0.6) is 0 Å². The average molecular weight is 261 g/mol. The first-order valence-electron chi connectivity index (χ1n) is 5.93. The number of nitrogens with one attached hydrogen (secondary N) is 1. The van der Waals surface area contributed by atoms with Crippen molar-refractivity contribution in [2.45, 2.75) is 25.0 Å².